The lowest BCUT2D eigenvalue weighted by molar-refractivity contribution is -0.113. The second-order valence-corrected chi connectivity index (χ2v) is 9.47. The average molecular weight is 474 g/mol. The Labute approximate surface area is 181 Å². The van der Waals surface area contributed by atoms with Crippen LogP contribution in [0.2, 0.25) is 5.02 Å². The van der Waals surface area contributed by atoms with E-state index in [9.17, 15) is 17.6 Å². The molecule has 2 aromatic carbocycles. The highest BCUT2D eigenvalue weighted by Crippen LogP contribution is 2.40. The molecule has 29 heavy (non-hydrogen) atoms. The van der Waals surface area contributed by atoms with Crippen LogP contribution in [0.3, 0.4) is 0 Å². The van der Waals surface area contributed by atoms with Gasteiger partial charge in [-0.05, 0) is 48.0 Å². The molecule has 0 unspecified atom stereocenters. The van der Waals surface area contributed by atoms with Crippen molar-refractivity contribution in [2.75, 3.05) is 18.3 Å². The molecule has 6 nitrogen and oxygen atoms in total. The number of hydrogen-bond acceptors (Lipinski definition) is 7. The Balaban J connectivity index is 1.96. The maximum absolute atomic E-state index is 13.2. The number of anilines is 1. The molecular formula is C18H13ClFNO5S3. The van der Waals surface area contributed by atoms with Crippen LogP contribution in [0, 0.1) is 5.82 Å². The second-order valence-electron chi connectivity index (χ2n) is 5.82. The Kier molecular flexibility index (Phi) is 6.18. The third-order valence-corrected chi connectivity index (χ3v) is 5.72. The highest BCUT2D eigenvalue weighted by molar-refractivity contribution is 8.27. The highest BCUT2D eigenvalue weighted by Gasteiger charge is 2.33. The number of halogens is 2. The van der Waals surface area contributed by atoms with Crippen LogP contribution in [0.15, 0.2) is 41.3 Å². The number of benzene rings is 2. The number of carbonyl (C=O) groups excluding carboxylic acids is 1. The van der Waals surface area contributed by atoms with E-state index in [4.69, 9.17) is 32.7 Å². The Morgan fingerprint density at radius 3 is 2.48 bits per heavy atom. The van der Waals surface area contributed by atoms with E-state index in [0.29, 0.717) is 20.5 Å². The lowest BCUT2D eigenvalue weighted by Gasteiger charge is -2.14. The minimum absolute atomic E-state index is 0.00459. The first-order valence-electron chi connectivity index (χ1n) is 7.89. The van der Waals surface area contributed by atoms with E-state index in [0.717, 1.165) is 18.0 Å². The zero-order valence-corrected chi connectivity index (χ0v) is 18.2. The molecule has 2 aromatic rings. The van der Waals surface area contributed by atoms with Crippen molar-refractivity contribution >= 4 is 67.7 Å². The molecule has 1 saturated heterocycles. The van der Waals surface area contributed by atoms with Crippen molar-refractivity contribution in [2.24, 2.45) is 0 Å². The molecule has 0 bridgehead atoms. The van der Waals surface area contributed by atoms with Gasteiger partial charge in [0.25, 0.3) is 5.91 Å². The van der Waals surface area contributed by atoms with Gasteiger partial charge >= 0.3 is 10.1 Å². The predicted molar refractivity (Wildman–Crippen MR) is 116 cm³/mol. The number of methoxy groups -OCH3 is 1. The summed E-state index contributed by atoms with van der Waals surface area (Å²) in [6.45, 7) is 0. The topological polar surface area (TPSA) is 72.9 Å². The average Bonchev–Trinajstić information content (AvgIpc) is 2.90. The van der Waals surface area contributed by atoms with E-state index in [1.54, 1.807) is 6.08 Å². The second kappa shape index (κ2) is 8.31. The number of thiocarbonyl (C=S) groups is 1. The molecule has 1 aliphatic rings. The van der Waals surface area contributed by atoms with Gasteiger partial charge in [-0.3, -0.25) is 9.69 Å². The molecule has 0 saturated carbocycles. The number of amides is 1. The van der Waals surface area contributed by atoms with Gasteiger partial charge in [-0.2, -0.15) is 8.42 Å². The lowest BCUT2D eigenvalue weighted by Crippen LogP contribution is -2.27. The lowest BCUT2D eigenvalue weighted by atomic mass is 10.1. The van der Waals surface area contributed by atoms with Crippen molar-refractivity contribution < 1.29 is 26.5 Å². The summed E-state index contributed by atoms with van der Waals surface area (Å²) in [6.07, 6.45) is 2.43. The number of carbonyl (C=O) groups is 1. The Morgan fingerprint density at radius 2 is 1.90 bits per heavy atom. The molecule has 0 spiro atoms. The molecule has 0 N–H and O–H groups in total. The van der Waals surface area contributed by atoms with Crippen LogP contribution in [0.5, 0.6) is 11.5 Å². The van der Waals surface area contributed by atoms with Crippen molar-refractivity contribution in [1.82, 2.24) is 0 Å². The van der Waals surface area contributed by atoms with Crippen LogP contribution < -0.4 is 13.8 Å². The summed E-state index contributed by atoms with van der Waals surface area (Å²) in [5, 5.41) is -0.00459. The summed E-state index contributed by atoms with van der Waals surface area (Å²) in [6, 6.07) is 8.32. The third kappa shape index (κ3) is 4.89. The minimum Gasteiger partial charge on any atom is -0.493 e. The Morgan fingerprint density at radius 1 is 1.24 bits per heavy atom. The van der Waals surface area contributed by atoms with Crippen molar-refractivity contribution in [1.29, 1.82) is 0 Å². The van der Waals surface area contributed by atoms with Crippen LogP contribution in [0.1, 0.15) is 5.56 Å². The minimum atomic E-state index is -3.81. The molecule has 3 rings (SSSR count). The van der Waals surface area contributed by atoms with Gasteiger partial charge in [-0.25, -0.2) is 4.39 Å². The first-order valence-corrected chi connectivity index (χ1v) is 11.3. The molecule has 11 heteroatoms. The van der Waals surface area contributed by atoms with Crippen LogP contribution in [-0.2, 0) is 14.9 Å². The zero-order valence-electron chi connectivity index (χ0n) is 15.0. The van der Waals surface area contributed by atoms with Crippen molar-refractivity contribution in [2.45, 2.75) is 0 Å². The number of hydrogen-bond donors (Lipinski definition) is 0. The third-order valence-electron chi connectivity index (χ3n) is 3.66. The van der Waals surface area contributed by atoms with Gasteiger partial charge in [0, 0.05) is 0 Å². The molecule has 1 fully saturated rings. The first-order chi connectivity index (χ1) is 13.6. The van der Waals surface area contributed by atoms with Gasteiger partial charge in [0.05, 0.1) is 29.0 Å². The maximum atomic E-state index is 13.2. The van der Waals surface area contributed by atoms with Crippen LogP contribution in [0.25, 0.3) is 6.08 Å². The predicted octanol–water partition coefficient (Wildman–Crippen LogP) is 4.23. The van der Waals surface area contributed by atoms with Gasteiger partial charge in [0.15, 0.2) is 10.1 Å². The zero-order chi connectivity index (χ0) is 21.3. The fourth-order valence-electron chi connectivity index (χ4n) is 2.49. The van der Waals surface area contributed by atoms with Gasteiger partial charge in [0.2, 0.25) is 5.75 Å². The summed E-state index contributed by atoms with van der Waals surface area (Å²) < 4.78 is 46.3. The quantitative estimate of drug-likeness (QED) is 0.365. The molecule has 0 aromatic heterocycles. The van der Waals surface area contributed by atoms with E-state index in [2.05, 4.69) is 0 Å². The molecule has 1 aliphatic heterocycles. The van der Waals surface area contributed by atoms with Crippen LogP contribution in [0.4, 0.5) is 10.1 Å². The van der Waals surface area contributed by atoms with Gasteiger partial charge in [0.1, 0.15) is 5.82 Å². The standard InChI is InChI=1S/C18H13ClFNO5S3/c1-25-14-8-10(7-13(19)16(14)26-29(2,23)24)9-15-17(22)21(18(27)28-15)12-5-3-11(20)4-6-12/h3-9H,1-2H3/b15-9+. The number of rotatable bonds is 5. The summed E-state index contributed by atoms with van der Waals surface area (Å²) in [4.78, 5) is 14.4. The summed E-state index contributed by atoms with van der Waals surface area (Å²) in [7, 11) is -2.48. The monoisotopic (exact) mass is 473 g/mol. The highest BCUT2D eigenvalue weighted by atomic mass is 35.5. The van der Waals surface area contributed by atoms with E-state index < -0.39 is 15.9 Å². The summed E-state index contributed by atoms with van der Waals surface area (Å²) in [5.74, 6) is -0.859. The number of nitrogens with zero attached hydrogens (tertiary/aromatic N) is 1. The fourth-order valence-corrected chi connectivity index (χ4v) is 4.56. The Hall–Kier alpha value is -2.14. The SMILES string of the molecule is COc1cc(/C=C2/SC(=S)N(c3ccc(F)cc3)C2=O)cc(Cl)c1OS(C)(=O)=O. The number of thioether (sulfide) groups is 1. The first kappa shape index (κ1) is 21.6. The number of ether oxygens (including phenoxy) is 1. The van der Waals surface area contributed by atoms with E-state index in [1.807, 2.05) is 0 Å². The van der Waals surface area contributed by atoms with Gasteiger partial charge < -0.3 is 8.92 Å². The molecule has 0 aliphatic carbocycles. The van der Waals surface area contributed by atoms with Crippen LogP contribution >= 0.6 is 35.6 Å². The van der Waals surface area contributed by atoms with Crippen molar-refractivity contribution in [3.05, 3.63) is 57.7 Å². The van der Waals surface area contributed by atoms with Crippen LogP contribution in [-0.4, -0.2) is 32.0 Å². The summed E-state index contributed by atoms with van der Waals surface area (Å²) >= 11 is 12.5. The summed E-state index contributed by atoms with van der Waals surface area (Å²) in [5.41, 5.74) is 0.928. The molecular weight excluding hydrogens is 461 g/mol. The van der Waals surface area contributed by atoms with E-state index in [1.165, 1.54) is 48.4 Å². The molecule has 1 amide bonds. The molecule has 0 atom stereocenters. The smallest absolute Gasteiger partial charge is 0.306 e. The molecule has 152 valence electrons. The molecule has 1 heterocycles. The van der Waals surface area contributed by atoms with Gasteiger partial charge in [-0.15, -0.1) is 0 Å². The normalized spacial score (nSPS) is 15.9. The largest absolute Gasteiger partial charge is 0.493 e. The van der Waals surface area contributed by atoms with Crippen molar-refractivity contribution in [3.8, 4) is 11.5 Å². The van der Waals surface area contributed by atoms with E-state index >= 15 is 0 Å². The Bertz CT molecular complexity index is 1130. The van der Waals surface area contributed by atoms with Crippen molar-refractivity contribution in [3.63, 3.8) is 0 Å². The molecule has 0 radical (unpaired) electrons. The van der Waals surface area contributed by atoms with Gasteiger partial charge in [-0.1, -0.05) is 35.6 Å². The van der Waals surface area contributed by atoms with E-state index in [-0.39, 0.29) is 22.4 Å². The fraction of sp³-hybridized carbons (Fsp3) is 0.111. The maximum Gasteiger partial charge on any atom is 0.306 e.